The number of nitrogens with one attached hydrogen (secondary N) is 2. The van der Waals surface area contributed by atoms with Crippen LogP contribution in [-0.2, 0) is 9.59 Å². The molecule has 2 aromatic rings. The van der Waals surface area contributed by atoms with Crippen LogP contribution in [0, 0.1) is 0 Å². The first-order valence-electron chi connectivity index (χ1n) is 7.46. The van der Waals surface area contributed by atoms with Crippen LogP contribution >= 0.6 is 0 Å². The Labute approximate surface area is 140 Å². The Bertz CT molecular complexity index is 649. The Morgan fingerprint density at radius 3 is 1.67 bits per heavy atom. The van der Waals surface area contributed by atoms with Crippen molar-refractivity contribution in [3.05, 3.63) is 72.3 Å². The van der Waals surface area contributed by atoms with Gasteiger partial charge in [0.15, 0.2) is 0 Å². The van der Waals surface area contributed by atoms with E-state index in [1.807, 2.05) is 12.1 Å². The van der Waals surface area contributed by atoms with Crippen molar-refractivity contribution in [1.82, 2.24) is 20.6 Å². The van der Waals surface area contributed by atoms with Crippen LogP contribution in [0.2, 0.25) is 0 Å². The van der Waals surface area contributed by atoms with Gasteiger partial charge in [-0.3, -0.25) is 19.6 Å². The molecular weight excluding hydrogens is 304 g/mol. The van der Waals surface area contributed by atoms with Crippen LogP contribution < -0.4 is 10.6 Å². The minimum Gasteiger partial charge on any atom is -0.351 e. The van der Waals surface area contributed by atoms with E-state index in [0.717, 1.165) is 11.1 Å². The molecule has 0 aliphatic carbocycles. The molecule has 2 N–H and O–H groups in total. The maximum absolute atomic E-state index is 11.6. The molecule has 6 heteroatoms. The molecule has 0 unspecified atom stereocenters. The molecule has 2 amide bonds. The third kappa shape index (κ3) is 6.65. The lowest BCUT2D eigenvalue weighted by Gasteiger charge is -2.03. The summed E-state index contributed by atoms with van der Waals surface area (Å²) >= 11 is 0. The summed E-state index contributed by atoms with van der Waals surface area (Å²) in [6.07, 6.45) is 12.9. The van der Waals surface area contributed by atoms with Crippen molar-refractivity contribution < 1.29 is 9.59 Å². The van der Waals surface area contributed by atoms with E-state index in [-0.39, 0.29) is 11.8 Å². The van der Waals surface area contributed by atoms with Gasteiger partial charge in [0.2, 0.25) is 11.8 Å². The molecule has 122 valence electrons. The summed E-state index contributed by atoms with van der Waals surface area (Å²) in [4.78, 5) is 31.2. The molecule has 24 heavy (non-hydrogen) atoms. The normalized spacial score (nSPS) is 10.8. The van der Waals surface area contributed by atoms with Crippen LogP contribution in [-0.4, -0.2) is 34.9 Å². The molecule has 0 fully saturated rings. The summed E-state index contributed by atoms with van der Waals surface area (Å²) in [5.41, 5.74) is 1.70. The predicted molar refractivity (Wildman–Crippen MR) is 92.6 cm³/mol. The van der Waals surface area contributed by atoms with Crippen LogP contribution in [0.5, 0.6) is 0 Å². The topological polar surface area (TPSA) is 84.0 Å². The first-order chi connectivity index (χ1) is 11.7. The fourth-order valence-corrected chi connectivity index (χ4v) is 1.78. The number of carbonyl (C=O) groups excluding carboxylic acids is 2. The van der Waals surface area contributed by atoms with E-state index < -0.39 is 0 Å². The second-order valence-corrected chi connectivity index (χ2v) is 4.82. The van der Waals surface area contributed by atoms with E-state index in [9.17, 15) is 9.59 Å². The number of pyridine rings is 2. The SMILES string of the molecule is O=C(/C=C/c1cccnc1)NCCNC(=O)/C=C/c1cccnc1. The highest BCUT2D eigenvalue weighted by Crippen LogP contribution is 1.98. The molecule has 0 radical (unpaired) electrons. The van der Waals surface area contributed by atoms with Gasteiger partial charge in [0, 0.05) is 50.0 Å². The Morgan fingerprint density at radius 1 is 0.833 bits per heavy atom. The Hall–Kier alpha value is -3.28. The predicted octanol–water partition coefficient (Wildman–Crippen LogP) is 1.44. The number of nitrogens with zero attached hydrogens (tertiary/aromatic N) is 2. The van der Waals surface area contributed by atoms with Crippen LogP contribution in [0.25, 0.3) is 12.2 Å². The molecule has 0 atom stereocenters. The molecule has 2 heterocycles. The van der Waals surface area contributed by atoms with E-state index >= 15 is 0 Å². The molecule has 2 aromatic heterocycles. The average Bonchev–Trinajstić information content (AvgIpc) is 2.63. The number of amides is 2. The zero-order valence-electron chi connectivity index (χ0n) is 13.1. The van der Waals surface area contributed by atoms with Crippen molar-refractivity contribution in [2.75, 3.05) is 13.1 Å². The number of rotatable bonds is 7. The van der Waals surface area contributed by atoms with Gasteiger partial charge >= 0.3 is 0 Å². The quantitative estimate of drug-likeness (QED) is 0.597. The standard InChI is InChI=1S/C18H18N4O2/c23-17(7-5-15-3-1-9-19-13-15)21-11-12-22-18(24)8-6-16-4-2-10-20-14-16/h1-10,13-14H,11-12H2,(H,21,23)(H,22,24)/b7-5+,8-6+. The van der Waals surface area contributed by atoms with Gasteiger partial charge in [0.05, 0.1) is 0 Å². The monoisotopic (exact) mass is 322 g/mol. The minimum atomic E-state index is -0.223. The zero-order valence-corrected chi connectivity index (χ0v) is 13.1. The first-order valence-corrected chi connectivity index (χ1v) is 7.46. The molecule has 0 saturated heterocycles. The summed E-state index contributed by atoms with van der Waals surface area (Å²) in [5.74, 6) is -0.446. The van der Waals surface area contributed by atoms with Crippen molar-refractivity contribution in [3.63, 3.8) is 0 Å². The molecule has 0 saturated carbocycles. The van der Waals surface area contributed by atoms with E-state index in [1.54, 1.807) is 49.1 Å². The van der Waals surface area contributed by atoms with E-state index in [0.29, 0.717) is 13.1 Å². The van der Waals surface area contributed by atoms with Crippen molar-refractivity contribution >= 4 is 24.0 Å². The van der Waals surface area contributed by atoms with Crippen LogP contribution in [0.4, 0.5) is 0 Å². The van der Waals surface area contributed by atoms with Gasteiger partial charge in [-0.2, -0.15) is 0 Å². The minimum absolute atomic E-state index is 0.223. The Balaban J connectivity index is 1.63. The van der Waals surface area contributed by atoms with Crippen molar-refractivity contribution in [2.24, 2.45) is 0 Å². The van der Waals surface area contributed by atoms with Gasteiger partial charge in [0.1, 0.15) is 0 Å². The molecular formula is C18H18N4O2. The Morgan fingerprint density at radius 2 is 1.29 bits per heavy atom. The third-order valence-electron chi connectivity index (χ3n) is 2.95. The lowest BCUT2D eigenvalue weighted by molar-refractivity contribution is -0.118. The van der Waals surface area contributed by atoms with E-state index in [1.165, 1.54) is 12.2 Å². The highest BCUT2D eigenvalue weighted by molar-refractivity contribution is 5.92. The second kappa shape index (κ2) is 9.68. The maximum Gasteiger partial charge on any atom is 0.244 e. The van der Waals surface area contributed by atoms with E-state index in [4.69, 9.17) is 0 Å². The highest BCUT2D eigenvalue weighted by atomic mass is 16.2. The zero-order chi connectivity index (χ0) is 17.0. The first kappa shape index (κ1) is 17.1. The number of carbonyl (C=O) groups is 2. The molecule has 0 bridgehead atoms. The second-order valence-electron chi connectivity index (χ2n) is 4.82. The fraction of sp³-hybridized carbons (Fsp3) is 0.111. The number of hydrogen-bond acceptors (Lipinski definition) is 4. The van der Waals surface area contributed by atoms with Crippen molar-refractivity contribution in [2.45, 2.75) is 0 Å². The van der Waals surface area contributed by atoms with Gasteiger partial charge in [-0.25, -0.2) is 0 Å². The number of hydrogen-bond donors (Lipinski definition) is 2. The third-order valence-corrected chi connectivity index (χ3v) is 2.95. The maximum atomic E-state index is 11.6. The molecule has 6 nitrogen and oxygen atoms in total. The lowest BCUT2D eigenvalue weighted by Crippen LogP contribution is -2.33. The Kier molecular flexibility index (Phi) is 6.89. The van der Waals surface area contributed by atoms with E-state index in [2.05, 4.69) is 20.6 Å². The summed E-state index contributed by atoms with van der Waals surface area (Å²) in [7, 11) is 0. The molecule has 0 aromatic carbocycles. The van der Waals surface area contributed by atoms with Crippen LogP contribution in [0.1, 0.15) is 11.1 Å². The summed E-state index contributed by atoms with van der Waals surface area (Å²) < 4.78 is 0. The molecule has 2 rings (SSSR count). The molecule has 0 aliphatic heterocycles. The summed E-state index contributed by atoms with van der Waals surface area (Å²) in [6.45, 7) is 0.700. The highest BCUT2D eigenvalue weighted by Gasteiger charge is 1.97. The van der Waals surface area contributed by atoms with Gasteiger partial charge in [-0.15, -0.1) is 0 Å². The largest absolute Gasteiger partial charge is 0.351 e. The smallest absolute Gasteiger partial charge is 0.244 e. The summed E-state index contributed by atoms with van der Waals surface area (Å²) in [6, 6.07) is 7.30. The van der Waals surface area contributed by atoms with Gasteiger partial charge in [0.25, 0.3) is 0 Å². The summed E-state index contributed by atoms with van der Waals surface area (Å²) in [5, 5.41) is 5.37. The van der Waals surface area contributed by atoms with Crippen molar-refractivity contribution in [1.29, 1.82) is 0 Å². The van der Waals surface area contributed by atoms with Gasteiger partial charge < -0.3 is 10.6 Å². The van der Waals surface area contributed by atoms with Gasteiger partial charge in [-0.1, -0.05) is 12.1 Å². The molecule has 0 aliphatic rings. The average molecular weight is 322 g/mol. The fourth-order valence-electron chi connectivity index (χ4n) is 1.78. The lowest BCUT2D eigenvalue weighted by atomic mass is 10.2. The van der Waals surface area contributed by atoms with Crippen molar-refractivity contribution in [3.8, 4) is 0 Å². The van der Waals surface area contributed by atoms with Crippen LogP contribution in [0.15, 0.2) is 61.2 Å². The number of aromatic nitrogens is 2. The van der Waals surface area contributed by atoms with Crippen LogP contribution in [0.3, 0.4) is 0 Å². The molecule has 0 spiro atoms. The van der Waals surface area contributed by atoms with Gasteiger partial charge in [-0.05, 0) is 35.4 Å².